The molecule has 0 aliphatic carbocycles. The van der Waals surface area contributed by atoms with E-state index in [4.69, 9.17) is 0 Å². The summed E-state index contributed by atoms with van der Waals surface area (Å²) in [6.07, 6.45) is 8.77. The van der Waals surface area contributed by atoms with Gasteiger partial charge < -0.3 is 15.1 Å². The molecule has 9 heteroatoms. The van der Waals surface area contributed by atoms with Gasteiger partial charge in [-0.15, -0.1) is 11.8 Å². The molecule has 2 aromatic rings. The van der Waals surface area contributed by atoms with Crippen LogP contribution in [0.1, 0.15) is 51.9 Å². The minimum Gasteiger partial charge on any atom is -0.494 e. The molecule has 1 amide bonds. The van der Waals surface area contributed by atoms with Gasteiger partial charge in [-0.25, -0.2) is 0 Å². The van der Waals surface area contributed by atoms with Gasteiger partial charge >= 0.3 is 0 Å². The lowest BCUT2D eigenvalue weighted by Crippen LogP contribution is -2.23. The zero-order chi connectivity index (χ0) is 22.6. The molecule has 1 aromatic heterocycles. The number of nitrogens with zero attached hydrogens (tertiary/aromatic N) is 3. The van der Waals surface area contributed by atoms with Crippen molar-refractivity contribution in [1.82, 2.24) is 4.57 Å². The summed E-state index contributed by atoms with van der Waals surface area (Å²) >= 11 is 1.34. The van der Waals surface area contributed by atoms with Crippen molar-refractivity contribution in [3.05, 3.63) is 40.4 Å². The second kappa shape index (κ2) is 12.9. The molecule has 31 heavy (non-hydrogen) atoms. The van der Waals surface area contributed by atoms with E-state index in [0.29, 0.717) is 35.8 Å². The normalized spacial score (nSPS) is 10.9. The Kier molecular flexibility index (Phi) is 10.2. The summed E-state index contributed by atoms with van der Waals surface area (Å²) < 4.78 is 1.52. The monoisotopic (exact) mass is 449 g/mol. The van der Waals surface area contributed by atoms with E-state index in [9.17, 15) is 25.1 Å². The van der Waals surface area contributed by atoms with Gasteiger partial charge in [0.25, 0.3) is 5.69 Å². The number of benzene rings is 1. The fourth-order valence-corrected chi connectivity index (χ4v) is 4.25. The highest BCUT2D eigenvalue weighted by atomic mass is 32.2. The number of nitro benzene ring substituents is 1. The number of rotatable bonds is 15. The molecule has 1 heterocycles. The average Bonchev–Trinajstić information content (AvgIpc) is 3.03. The van der Waals surface area contributed by atoms with Crippen molar-refractivity contribution >= 4 is 29.5 Å². The predicted molar refractivity (Wildman–Crippen MR) is 123 cm³/mol. The largest absolute Gasteiger partial charge is 0.494 e. The summed E-state index contributed by atoms with van der Waals surface area (Å²) in [5.41, 5.74) is 0.524. The van der Waals surface area contributed by atoms with Crippen molar-refractivity contribution in [2.45, 2.75) is 63.3 Å². The molecule has 170 valence electrons. The van der Waals surface area contributed by atoms with Gasteiger partial charge in [-0.3, -0.25) is 19.5 Å². The number of anilines is 1. The van der Waals surface area contributed by atoms with Crippen molar-refractivity contribution in [2.24, 2.45) is 0 Å². The molecule has 0 radical (unpaired) electrons. The molecule has 0 aliphatic heterocycles. The Balaban J connectivity index is 1.82. The number of carbonyl (C=O) groups excluding carboxylic acids is 1. The molecule has 2 N–H and O–H groups in total. The molecular weight excluding hydrogens is 418 g/mol. The third-order valence-electron chi connectivity index (χ3n) is 5.11. The van der Waals surface area contributed by atoms with Crippen LogP contribution in [0.15, 0.2) is 35.2 Å². The number of thioether (sulfide) groups is 1. The van der Waals surface area contributed by atoms with Crippen LogP contribution in [0.3, 0.4) is 0 Å². The Morgan fingerprint density at radius 1 is 1.10 bits per heavy atom. The summed E-state index contributed by atoms with van der Waals surface area (Å²) in [5.74, 6) is 0.569. The van der Waals surface area contributed by atoms with Gasteiger partial charge in [0.2, 0.25) is 12.3 Å². The summed E-state index contributed by atoms with van der Waals surface area (Å²) in [6, 6.07) is 7.30. The lowest BCUT2D eigenvalue weighted by atomic mass is 10.1. The molecule has 0 spiro atoms. The highest BCUT2D eigenvalue weighted by Crippen LogP contribution is 2.36. The van der Waals surface area contributed by atoms with E-state index in [2.05, 4.69) is 6.92 Å². The van der Waals surface area contributed by atoms with Gasteiger partial charge in [-0.2, -0.15) is 0 Å². The molecule has 8 nitrogen and oxygen atoms in total. The SMILES string of the molecule is CCCCCCCCCn1c(O)cc(SCCN(C=O)c2ccc([N+](=O)[O-])cc2)c1O. The minimum atomic E-state index is -0.489. The Morgan fingerprint density at radius 3 is 2.35 bits per heavy atom. The number of amides is 1. The van der Waals surface area contributed by atoms with Gasteiger partial charge in [0.05, 0.1) is 9.82 Å². The van der Waals surface area contributed by atoms with Gasteiger partial charge in [0.15, 0.2) is 5.88 Å². The van der Waals surface area contributed by atoms with E-state index < -0.39 is 4.92 Å². The first-order chi connectivity index (χ1) is 15.0. The molecule has 0 saturated heterocycles. The van der Waals surface area contributed by atoms with Gasteiger partial charge in [0.1, 0.15) is 0 Å². The molecule has 1 aromatic carbocycles. The van der Waals surface area contributed by atoms with Crippen molar-refractivity contribution in [3.63, 3.8) is 0 Å². The van der Waals surface area contributed by atoms with Crippen LogP contribution in [-0.4, -0.2) is 38.4 Å². The lowest BCUT2D eigenvalue weighted by molar-refractivity contribution is -0.384. The van der Waals surface area contributed by atoms with Crippen LogP contribution in [0.5, 0.6) is 11.8 Å². The fourth-order valence-electron chi connectivity index (χ4n) is 3.32. The minimum absolute atomic E-state index is 0.0355. The Morgan fingerprint density at radius 2 is 1.74 bits per heavy atom. The van der Waals surface area contributed by atoms with Crippen LogP contribution in [0.2, 0.25) is 0 Å². The van der Waals surface area contributed by atoms with Crippen LogP contribution in [-0.2, 0) is 11.3 Å². The zero-order valence-corrected chi connectivity index (χ0v) is 18.7. The third kappa shape index (κ3) is 7.50. The van der Waals surface area contributed by atoms with Crippen LogP contribution >= 0.6 is 11.8 Å². The second-order valence-corrected chi connectivity index (χ2v) is 8.52. The number of nitro groups is 1. The molecule has 0 atom stereocenters. The lowest BCUT2D eigenvalue weighted by Gasteiger charge is -2.16. The van der Waals surface area contributed by atoms with Crippen LogP contribution < -0.4 is 4.90 Å². The molecule has 0 aliphatic rings. The maximum atomic E-state index is 11.4. The molecular formula is C22H31N3O5S. The fraction of sp³-hybridized carbons (Fsp3) is 0.500. The first-order valence-electron chi connectivity index (χ1n) is 10.7. The Bertz CT molecular complexity index is 838. The number of hydrogen-bond acceptors (Lipinski definition) is 6. The van der Waals surface area contributed by atoms with Crippen molar-refractivity contribution in [1.29, 1.82) is 0 Å². The van der Waals surface area contributed by atoms with E-state index in [1.54, 1.807) is 6.07 Å². The molecule has 2 rings (SSSR count). The third-order valence-corrected chi connectivity index (χ3v) is 6.11. The molecule has 0 fully saturated rings. The van der Waals surface area contributed by atoms with E-state index in [0.717, 1.165) is 19.3 Å². The average molecular weight is 450 g/mol. The highest BCUT2D eigenvalue weighted by molar-refractivity contribution is 7.99. The summed E-state index contributed by atoms with van der Waals surface area (Å²) in [7, 11) is 0. The Labute approximate surface area is 187 Å². The number of non-ortho nitro benzene ring substituents is 1. The van der Waals surface area contributed by atoms with Gasteiger partial charge in [0, 0.05) is 42.7 Å². The quantitative estimate of drug-likeness (QED) is 0.125. The second-order valence-electron chi connectivity index (χ2n) is 7.38. The molecule has 0 unspecified atom stereocenters. The first kappa shape index (κ1) is 24.6. The summed E-state index contributed by atoms with van der Waals surface area (Å²) in [5, 5.41) is 31.3. The van der Waals surface area contributed by atoms with Crippen LogP contribution in [0.4, 0.5) is 11.4 Å². The molecule has 0 saturated carbocycles. The number of unbranched alkanes of at least 4 members (excludes halogenated alkanes) is 6. The van der Waals surface area contributed by atoms with Gasteiger partial charge in [-0.1, -0.05) is 45.4 Å². The number of aromatic hydroxyl groups is 2. The Hall–Kier alpha value is -2.68. The van der Waals surface area contributed by atoms with Gasteiger partial charge in [-0.05, 0) is 18.6 Å². The van der Waals surface area contributed by atoms with Crippen LogP contribution in [0, 0.1) is 10.1 Å². The number of aromatic nitrogens is 1. The number of carbonyl (C=O) groups is 1. The maximum Gasteiger partial charge on any atom is 0.269 e. The summed E-state index contributed by atoms with van der Waals surface area (Å²) in [6.45, 7) is 3.11. The van der Waals surface area contributed by atoms with E-state index in [1.807, 2.05) is 0 Å². The topological polar surface area (TPSA) is 109 Å². The van der Waals surface area contributed by atoms with Crippen LogP contribution in [0.25, 0.3) is 0 Å². The first-order valence-corrected chi connectivity index (χ1v) is 11.7. The van der Waals surface area contributed by atoms with Crippen molar-refractivity contribution < 1.29 is 19.9 Å². The summed E-state index contributed by atoms with van der Waals surface area (Å²) in [4.78, 5) is 23.7. The van der Waals surface area contributed by atoms with E-state index in [1.165, 1.54) is 71.2 Å². The highest BCUT2D eigenvalue weighted by Gasteiger charge is 2.15. The zero-order valence-electron chi connectivity index (χ0n) is 17.9. The number of hydrogen-bond donors (Lipinski definition) is 2. The molecule has 0 bridgehead atoms. The predicted octanol–water partition coefficient (Wildman–Crippen LogP) is 5.31. The standard InChI is InChI=1S/C22H31N3O5S/c1-2-3-4-5-6-7-8-13-24-21(27)16-20(22(24)28)31-15-14-23(17-26)18-9-11-19(12-10-18)25(29)30/h9-12,16-17,27-28H,2-8,13-15H2,1H3. The maximum absolute atomic E-state index is 11.4. The van der Waals surface area contributed by atoms with Crippen molar-refractivity contribution in [3.8, 4) is 11.8 Å². The van der Waals surface area contributed by atoms with E-state index in [-0.39, 0.29) is 17.4 Å². The van der Waals surface area contributed by atoms with Crippen molar-refractivity contribution in [2.75, 3.05) is 17.2 Å². The smallest absolute Gasteiger partial charge is 0.269 e. The van der Waals surface area contributed by atoms with E-state index >= 15 is 0 Å².